The highest BCUT2D eigenvalue weighted by Gasteiger charge is 2.22. The summed E-state index contributed by atoms with van der Waals surface area (Å²) >= 11 is 0. The Bertz CT molecular complexity index is 1240. The van der Waals surface area contributed by atoms with Crippen LogP contribution in [0.15, 0.2) is 96.2 Å². The number of nitrogens with zero attached hydrogens (tertiary/aromatic N) is 1. The molecule has 0 fully saturated rings. The molecule has 190 valence electrons. The number of benzene rings is 3. The van der Waals surface area contributed by atoms with Crippen molar-refractivity contribution < 1.29 is 13.0 Å². The minimum atomic E-state index is -4.46. The van der Waals surface area contributed by atoms with E-state index in [0.29, 0.717) is 11.8 Å². The molecule has 0 aliphatic carbocycles. The molecule has 3 aromatic carbocycles. The first-order valence-corrected chi connectivity index (χ1v) is 14.1. The molecule has 6 heteroatoms. The smallest absolute Gasteiger partial charge is 0.124 e. The highest BCUT2D eigenvalue weighted by Crippen LogP contribution is 2.38. The maximum Gasteiger partial charge on any atom is 0.124 e. The Balaban J connectivity index is 1.54. The van der Waals surface area contributed by atoms with E-state index in [1.807, 2.05) is 24.4 Å². The van der Waals surface area contributed by atoms with E-state index in [9.17, 15) is 13.0 Å². The van der Waals surface area contributed by atoms with E-state index < -0.39 is 10.1 Å². The molecule has 1 aliphatic heterocycles. The second-order valence-electron chi connectivity index (χ2n) is 9.77. The summed E-state index contributed by atoms with van der Waals surface area (Å²) in [6.45, 7) is 6.20. The minimum Gasteiger partial charge on any atom is -0.744 e. The number of hydrogen-bond donors (Lipinski definition) is 1. The van der Waals surface area contributed by atoms with Gasteiger partial charge in [0.05, 0.1) is 11.6 Å². The van der Waals surface area contributed by atoms with E-state index in [1.54, 1.807) is 0 Å². The Labute approximate surface area is 215 Å². The molecule has 4 rings (SSSR count). The second-order valence-corrected chi connectivity index (χ2v) is 11.2. The van der Waals surface area contributed by atoms with Crippen LogP contribution in [0.3, 0.4) is 0 Å². The molecule has 1 aliphatic rings. The summed E-state index contributed by atoms with van der Waals surface area (Å²) < 4.78 is 34.4. The van der Waals surface area contributed by atoms with Crippen LogP contribution in [0.2, 0.25) is 0 Å². The Morgan fingerprint density at radius 2 is 1.50 bits per heavy atom. The predicted molar refractivity (Wildman–Crippen MR) is 143 cm³/mol. The Morgan fingerprint density at radius 1 is 0.861 bits per heavy atom. The van der Waals surface area contributed by atoms with Crippen LogP contribution in [-0.4, -0.2) is 24.5 Å². The lowest BCUT2D eigenvalue weighted by atomic mass is 9.78. The van der Waals surface area contributed by atoms with Gasteiger partial charge in [-0.15, -0.1) is 0 Å². The zero-order chi connectivity index (χ0) is 25.5. The van der Waals surface area contributed by atoms with Crippen LogP contribution in [0, 0.1) is 0 Å². The van der Waals surface area contributed by atoms with Gasteiger partial charge in [-0.3, -0.25) is 0 Å². The van der Waals surface area contributed by atoms with Crippen molar-refractivity contribution in [3.63, 3.8) is 0 Å². The van der Waals surface area contributed by atoms with Crippen LogP contribution in [0.25, 0.3) is 0 Å². The quantitative estimate of drug-likeness (QED) is 0.312. The van der Waals surface area contributed by atoms with E-state index in [2.05, 4.69) is 78.8 Å². The summed E-state index contributed by atoms with van der Waals surface area (Å²) in [6, 6.07) is 26.0. The topological polar surface area (TPSA) is 72.5 Å². The molecule has 3 atom stereocenters. The lowest BCUT2D eigenvalue weighted by Crippen LogP contribution is -2.19. The average molecular weight is 504 g/mol. The van der Waals surface area contributed by atoms with Gasteiger partial charge in [-0.1, -0.05) is 80.6 Å². The van der Waals surface area contributed by atoms with Gasteiger partial charge in [-0.05, 0) is 71.4 Å². The summed E-state index contributed by atoms with van der Waals surface area (Å²) in [4.78, 5) is 2.06. The lowest BCUT2D eigenvalue weighted by Gasteiger charge is -2.27. The first-order valence-electron chi connectivity index (χ1n) is 12.7. The molecule has 0 saturated heterocycles. The zero-order valence-corrected chi connectivity index (χ0v) is 21.8. The van der Waals surface area contributed by atoms with E-state index in [-0.39, 0.29) is 10.8 Å². The fourth-order valence-corrected chi connectivity index (χ4v) is 5.59. The SMILES string of the molecule is CCC(CC(CC(C)c1ccc(CN2C=CNC2)cc1)c1ccc(S(=O)(=O)[O-])cc1)c1ccccc1. The monoisotopic (exact) mass is 503 g/mol. The molecule has 1 heterocycles. The molecule has 0 aromatic heterocycles. The third-order valence-corrected chi connectivity index (χ3v) is 8.09. The Kier molecular flexibility index (Phi) is 8.49. The van der Waals surface area contributed by atoms with Gasteiger partial charge >= 0.3 is 0 Å². The molecular weight excluding hydrogens is 468 g/mol. The summed E-state index contributed by atoms with van der Waals surface area (Å²) in [5.41, 5.74) is 4.98. The van der Waals surface area contributed by atoms with E-state index in [4.69, 9.17) is 0 Å². The molecule has 3 aromatic rings. The molecule has 0 bridgehead atoms. The highest BCUT2D eigenvalue weighted by molar-refractivity contribution is 7.85. The van der Waals surface area contributed by atoms with Gasteiger partial charge in [0, 0.05) is 18.9 Å². The van der Waals surface area contributed by atoms with E-state index >= 15 is 0 Å². The molecule has 1 N–H and O–H groups in total. The van der Waals surface area contributed by atoms with Crippen molar-refractivity contribution in [3.8, 4) is 0 Å². The van der Waals surface area contributed by atoms with Crippen molar-refractivity contribution in [2.24, 2.45) is 0 Å². The maximum absolute atomic E-state index is 11.5. The van der Waals surface area contributed by atoms with Crippen molar-refractivity contribution in [2.75, 3.05) is 6.67 Å². The number of hydrogen-bond acceptors (Lipinski definition) is 5. The standard InChI is InChI=1S/C30H36N2O3S/c1-3-25(27-7-5-4-6-8-27)20-29(28-13-15-30(16-14-28)36(33,34)35)19-23(2)26-11-9-24(10-12-26)21-32-18-17-31-22-32/h4-18,23,25,29,31H,3,19-22H2,1-2H3,(H,33,34,35)/p-1. The van der Waals surface area contributed by atoms with Gasteiger partial charge in [0.25, 0.3) is 0 Å². The second kappa shape index (κ2) is 11.8. The van der Waals surface area contributed by atoms with Crippen molar-refractivity contribution in [1.82, 2.24) is 10.2 Å². The fraction of sp³-hybridized carbons (Fsp3) is 0.333. The van der Waals surface area contributed by atoms with Gasteiger partial charge in [-0.25, -0.2) is 8.42 Å². The van der Waals surface area contributed by atoms with E-state index in [0.717, 1.165) is 38.0 Å². The molecule has 0 amide bonds. The van der Waals surface area contributed by atoms with Crippen LogP contribution in [-0.2, 0) is 16.7 Å². The number of rotatable bonds is 11. The summed E-state index contributed by atoms with van der Waals surface area (Å²) in [5.74, 6) is 0.957. The maximum atomic E-state index is 11.5. The lowest BCUT2D eigenvalue weighted by molar-refractivity contribution is 0.385. The van der Waals surface area contributed by atoms with Crippen LogP contribution in [0.1, 0.15) is 73.1 Å². The van der Waals surface area contributed by atoms with Crippen LogP contribution in [0.5, 0.6) is 0 Å². The third kappa shape index (κ3) is 6.77. The minimum absolute atomic E-state index is 0.174. The molecule has 0 radical (unpaired) electrons. The first kappa shape index (κ1) is 26.0. The molecule has 5 nitrogen and oxygen atoms in total. The van der Waals surface area contributed by atoms with Crippen LogP contribution < -0.4 is 5.32 Å². The third-order valence-electron chi connectivity index (χ3n) is 7.24. The van der Waals surface area contributed by atoms with Crippen LogP contribution >= 0.6 is 0 Å². The van der Waals surface area contributed by atoms with Crippen molar-refractivity contribution in [1.29, 1.82) is 0 Å². The van der Waals surface area contributed by atoms with Gasteiger partial charge in [0.2, 0.25) is 0 Å². The molecular formula is C30H35N2O3S-. The summed E-state index contributed by atoms with van der Waals surface area (Å²) in [7, 11) is -4.46. The average Bonchev–Trinajstić information content (AvgIpc) is 3.40. The number of nitrogens with one attached hydrogen (secondary N) is 1. The molecule has 36 heavy (non-hydrogen) atoms. The van der Waals surface area contributed by atoms with Gasteiger partial charge in [0.1, 0.15) is 10.1 Å². The zero-order valence-electron chi connectivity index (χ0n) is 21.0. The normalized spacial score (nSPS) is 15.9. The Hall–Kier alpha value is -3.09. The van der Waals surface area contributed by atoms with Gasteiger partial charge in [-0.2, -0.15) is 0 Å². The molecule has 0 saturated carbocycles. The Morgan fingerprint density at radius 3 is 2.08 bits per heavy atom. The van der Waals surface area contributed by atoms with Gasteiger partial charge < -0.3 is 14.8 Å². The van der Waals surface area contributed by atoms with Crippen molar-refractivity contribution in [3.05, 3.63) is 114 Å². The fourth-order valence-electron chi connectivity index (χ4n) is 5.12. The molecule has 3 unspecified atom stereocenters. The van der Waals surface area contributed by atoms with Crippen LogP contribution in [0.4, 0.5) is 0 Å². The summed E-state index contributed by atoms with van der Waals surface area (Å²) in [5, 5.41) is 3.20. The first-order chi connectivity index (χ1) is 17.3. The summed E-state index contributed by atoms with van der Waals surface area (Å²) in [6.07, 6.45) is 6.96. The van der Waals surface area contributed by atoms with E-state index in [1.165, 1.54) is 28.8 Å². The largest absolute Gasteiger partial charge is 0.744 e. The molecule has 0 spiro atoms. The van der Waals surface area contributed by atoms with Crippen molar-refractivity contribution in [2.45, 2.75) is 62.3 Å². The van der Waals surface area contributed by atoms with Crippen molar-refractivity contribution >= 4 is 10.1 Å². The van der Waals surface area contributed by atoms with Gasteiger partial charge in [0.15, 0.2) is 0 Å². The highest BCUT2D eigenvalue weighted by atomic mass is 32.2. The predicted octanol–water partition coefficient (Wildman–Crippen LogP) is 6.29.